The third-order valence-corrected chi connectivity index (χ3v) is 3.55. The van der Waals surface area contributed by atoms with E-state index in [1.165, 1.54) is 0 Å². The van der Waals surface area contributed by atoms with Crippen molar-refractivity contribution in [3.63, 3.8) is 0 Å². The van der Waals surface area contributed by atoms with Crippen molar-refractivity contribution in [2.24, 2.45) is 11.7 Å². The highest BCUT2D eigenvalue weighted by atomic mass is 35.5. The van der Waals surface area contributed by atoms with Crippen LogP contribution in [0.4, 0.5) is 0 Å². The lowest BCUT2D eigenvalue weighted by molar-refractivity contribution is -0.138. The van der Waals surface area contributed by atoms with Crippen LogP contribution in [-0.4, -0.2) is 42.4 Å². The molecule has 0 bridgehead atoms. The smallest absolute Gasteiger partial charge is 0.239 e. The van der Waals surface area contributed by atoms with Gasteiger partial charge in [-0.2, -0.15) is 0 Å². The van der Waals surface area contributed by atoms with Crippen LogP contribution in [0.5, 0.6) is 0 Å². The highest BCUT2D eigenvalue weighted by Crippen LogP contribution is 2.32. The molecule has 1 saturated carbocycles. The van der Waals surface area contributed by atoms with Gasteiger partial charge < -0.3 is 16.0 Å². The number of nitrogens with two attached hydrogens (primary N) is 1. The molecule has 0 aromatic carbocycles. The highest BCUT2D eigenvalue weighted by molar-refractivity contribution is 5.85. The first-order valence-corrected chi connectivity index (χ1v) is 6.48. The van der Waals surface area contributed by atoms with Gasteiger partial charge in [-0.25, -0.2) is 0 Å². The summed E-state index contributed by atoms with van der Waals surface area (Å²) in [6.45, 7) is 1.40. The molecule has 104 valence electrons. The molecule has 0 aromatic rings. The lowest BCUT2D eigenvalue weighted by atomic mass is 10.1. The number of carbonyl (C=O) groups is 2. The number of amides is 2. The first-order chi connectivity index (χ1) is 8.20. The Morgan fingerprint density at radius 2 is 2.17 bits per heavy atom. The van der Waals surface area contributed by atoms with Crippen LogP contribution in [-0.2, 0) is 9.59 Å². The zero-order valence-corrected chi connectivity index (χ0v) is 11.4. The number of halogens is 1. The average molecular weight is 276 g/mol. The van der Waals surface area contributed by atoms with Gasteiger partial charge in [-0.3, -0.25) is 9.59 Å². The molecule has 1 unspecified atom stereocenters. The summed E-state index contributed by atoms with van der Waals surface area (Å²) in [6, 6.07) is 0.0994. The summed E-state index contributed by atoms with van der Waals surface area (Å²) < 4.78 is 0. The van der Waals surface area contributed by atoms with E-state index in [1.54, 1.807) is 4.90 Å². The van der Waals surface area contributed by atoms with Crippen molar-refractivity contribution in [1.82, 2.24) is 10.2 Å². The van der Waals surface area contributed by atoms with Crippen molar-refractivity contribution in [3.8, 4) is 0 Å². The summed E-state index contributed by atoms with van der Waals surface area (Å²) in [5.41, 5.74) is 5.63. The summed E-state index contributed by atoms with van der Waals surface area (Å²) in [4.78, 5) is 25.0. The summed E-state index contributed by atoms with van der Waals surface area (Å²) in [6.07, 6.45) is 4.85. The molecule has 0 radical (unpaired) electrons. The minimum Gasteiger partial charge on any atom is -0.350 e. The van der Waals surface area contributed by atoms with Crippen LogP contribution in [0.3, 0.4) is 0 Å². The summed E-state index contributed by atoms with van der Waals surface area (Å²) in [5.74, 6) is 0.589. The molecule has 18 heavy (non-hydrogen) atoms. The van der Waals surface area contributed by atoms with E-state index in [0.717, 1.165) is 25.7 Å². The lowest BCUT2D eigenvalue weighted by Gasteiger charge is -2.27. The van der Waals surface area contributed by atoms with Crippen molar-refractivity contribution in [1.29, 1.82) is 0 Å². The summed E-state index contributed by atoms with van der Waals surface area (Å²) >= 11 is 0. The zero-order chi connectivity index (χ0) is 12.3. The number of rotatable bonds is 5. The SMILES string of the molecule is Cl.NCC(NC(=O)CN1CCCCC1=O)C1CC1. The van der Waals surface area contributed by atoms with Gasteiger partial charge in [0.1, 0.15) is 0 Å². The predicted molar refractivity (Wildman–Crippen MR) is 71.4 cm³/mol. The maximum absolute atomic E-state index is 11.8. The van der Waals surface area contributed by atoms with E-state index < -0.39 is 0 Å². The second kappa shape index (κ2) is 6.95. The molecule has 0 spiro atoms. The van der Waals surface area contributed by atoms with Crippen molar-refractivity contribution in [2.45, 2.75) is 38.1 Å². The minimum atomic E-state index is -0.0670. The van der Waals surface area contributed by atoms with E-state index in [4.69, 9.17) is 5.73 Å². The van der Waals surface area contributed by atoms with Gasteiger partial charge in [0.2, 0.25) is 11.8 Å². The third kappa shape index (κ3) is 4.14. The van der Waals surface area contributed by atoms with Gasteiger partial charge in [-0.1, -0.05) is 0 Å². The Bertz CT molecular complexity index is 308. The number of carbonyl (C=O) groups excluding carboxylic acids is 2. The van der Waals surface area contributed by atoms with Crippen LogP contribution in [0.25, 0.3) is 0 Å². The maximum atomic E-state index is 11.8. The van der Waals surface area contributed by atoms with Crippen molar-refractivity contribution in [3.05, 3.63) is 0 Å². The number of nitrogens with zero attached hydrogens (tertiary/aromatic N) is 1. The Hall–Kier alpha value is -0.810. The van der Waals surface area contributed by atoms with Gasteiger partial charge in [-0.15, -0.1) is 12.4 Å². The topological polar surface area (TPSA) is 75.4 Å². The molecule has 2 aliphatic rings. The van der Waals surface area contributed by atoms with Crippen molar-refractivity contribution < 1.29 is 9.59 Å². The fourth-order valence-corrected chi connectivity index (χ4v) is 2.32. The lowest BCUT2D eigenvalue weighted by Crippen LogP contribution is -2.48. The molecule has 0 aromatic heterocycles. The Morgan fingerprint density at radius 3 is 2.72 bits per heavy atom. The molecule has 1 atom stereocenters. The van der Waals surface area contributed by atoms with E-state index >= 15 is 0 Å². The monoisotopic (exact) mass is 275 g/mol. The summed E-state index contributed by atoms with van der Waals surface area (Å²) in [5, 5.41) is 2.94. The fraction of sp³-hybridized carbons (Fsp3) is 0.833. The number of hydrogen-bond donors (Lipinski definition) is 2. The minimum absolute atomic E-state index is 0. The molecular formula is C12H22ClN3O2. The van der Waals surface area contributed by atoms with E-state index in [1.807, 2.05) is 0 Å². The summed E-state index contributed by atoms with van der Waals surface area (Å²) in [7, 11) is 0. The Kier molecular flexibility index (Phi) is 5.88. The predicted octanol–water partition coefficient (Wildman–Crippen LogP) is 0.274. The van der Waals surface area contributed by atoms with Gasteiger partial charge in [0.05, 0.1) is 6.54 Å². The fourth-order valence-electron chi connectivity index (χ4n) is 2.32. The molecule has 2 rings (SSSR count). The van der Waals surface area contributed by atoms with E-state index in [-0.39, 0.29) is 36.8 Å². The van der Waals surface area contributed by atoms with E-state index in [0.29, 0.717) is 25.4 Å². The van der Waals surface area contributed by atoms with E-state index in [2.05, 4.69) is 5.32 Å². The molecule has 1 aliphatic carbocycles. The molecular weight excluding hydrogens is 254 g/mol. The Labute approximate surface area is 114 Å². The number of piperidine rings is 1. The quantitative estimate of drug-likeness (QED) is 0.756. The number of likely N-dealkylation sites (tertiary alicyclic amines) is 1. The van der Waals surface area contributed by atoms with Crippen LogP contribution in [0.2, 0.25) is 0 Å². The molecule has 1 saturated heterocycles. The molecule has 5 nitrogen and oxygen atoms in total. The van der Waals surface area contributed by atoms with E-state index in [9.17, 15) is 9.59 Å². The molecule has 2 fully saturated rings. The van der Waals surface area contributed by atoms with Gasteiger partial charge in [0.25, 0.3) is 0 Å². The third-order valence-electron chi connectivity index (χ3n) is 3.55. The van der Waals surface area contributed by atoms with Crippen LogP contribution >= 0.6 is 12.4 Å². The van der Waals surface area contributed by atoms with Crippen LogP contribution in [0.1, 0.15) is 32.1 Å². The number of hydrogen-bond acceptors (Lipinski definition) is 3. The maximum Gasteiger partial charge on any atom is 0.239 e. The van der Waals surface area contributed by atoms with Crippen molar-refractivity contribution >= 4 is 24.2 Å². The molecule has 1 heterocycles. The van der Waals surface area contributed by atoms with Crippen molar-refractivity contribution in [2.75, 3.05) is 19.6 Å². The molecule has 6 heteroatoms. The molecule has 1 aliphatic heterocycles. The number of nitrogens with one attached hydrogen (secondary N) is 1. The largest absolute Gasteiger partial charge is 0.350 e. The Morgan fingerprint density at radius 1 is 1.44 bits per heavy atom. The normalized spacial score (nSPS) is 21.2. The second-order valence-corrected chi connectivity index (χ2v) is 5.02. The molecule has 3 N–H and O–H groups in total. The first-order valence-electron chi connectivity index (χ1n) is 6.48. The zero-order valence-electron chi connectivity index (χ0n) is 10.6. The standard InChI is InChI=1S/C12H21N3O2.ClH/c13-7-10(9-4-5-9)14-11(16)8-15-6-2-1-3-12(15)17;/h9-10H,1-8,13H2,(H,14,16);1H. The van der Waals surface area contributed by atoms with Gasteiger partial charge in [0, 0.05) is 25.6 Å². The van der Waals surface area contributed by atoms with Crippen LogP contribution < -0.4 is 11.1 Å². The first kappa shape index (κ1) is 15.2. The van der Waals surface area contributed by atoms with Crippen LogP contribution in [0.15, 0.2) is 0 Å². The van der Waals surface area contributed by atoms with Gasteiger partial charge >= 0.3 is 0 Å². The van der Waals surface area contributed by atoms with Crippen LogP contribution in [0, 0.1) is 5.92 Å². The average Bonchev–Trinajstić information content (AvgIpc) is 3.13. The van der Waals surface area contributed by atoms with Gasteiger partial charge in [0.15, 0.2) is 0 Å². The van der Waals surface area contributed by atoms with Gasteiger partial charge in [-0.05, 0) is 31.6 Å². The molecule has 2 amide bonds. The highest BCUT2D eigenvalue weighted by Gasteiger charge is 2.31. The second-order valence-electron chi connectivity index (χ2n) is 5.02. The Balaban J connectivity index is 0.00000162.